The van der Waals surface area contributed by atoms with Crippen LogP contribution in [-0.4, -0.2) is 31.7 Å². The van der Waals surface area contributed by atoms with E-state index in [2.05, 4.69) is 22.4 Å². The van der Waals surface area contributed by atoms with Crippen molar-refractivity contribution in [2.45, 2.75) is 6.54 Å². The van der Waals surface area contributed by atoms with Gasteiger partial charge < -0.3 is 20.1 Å². The Morgan fingerprint density at radius 3 is 2.33 bits per heavy atom. The molecule has 0 aliphatic heterocycles. The molecule has 140 valence electrons. The second-order valence-corrected chi connectivity index (χ2v) is 5.92. The fraction of sp³-hybridized carbons (Fsp3) is 0.105. The van der Waals surface area contributed by atoms with E-state index in [1.807, 2.05) is 60.3 Å². The smallest absolute Gasteiger partial charge is 0.414 e. The largest absolute Gasteiger partial charge is 0.473 e. The van der Waals surface area contributed by atoms with Crippen LogP contribution < -0.4 is 5.32 Å². The van der Waals surface area contributed by atoms with Crippen molar-refractivity contribution in [3.63, 3.8) is 0 Å². The molecule has 1 heterocycles. The first-order chi connectivity index (χ1) is 12.9. The lowest BCUT2D eigenvalue weighted by Gasteiger charge is -2.08. The van der Waals surface area contributed by atoms with Gasteiger partial charge in [-0.25, -0.2) is 14.6 Å². The summed E-state index contributed by atoms with van der Waals surface area (Å²) in [4.78, 5) is 22.6. The summed E-state index contributed by atoms with van der Waals surface area (Å²) in [6.45, 7) is 0.751. The molecule has 0 amide bonds. The molecule has 0 atom stereocenters. The lowest BCUT2D eigenvalue weighted by molar-refractivity contribution is -0.159. The normalized spacial score (nSPS) is 9.85. The number of carboxylic acids is 2. The zero-order chi connectivity index (χ0) is 19.8. The molecule has 0 unspecified atom stereocenters. The Bertz CT molecular complexity index is 914. The van der Waals surface area contributed by atoms with Crippen LogP contribution in [0.25, 0.3) is 11.3 Å². The van der Waals surface area contributed by atoms with Gasteiger partial charge in [-0.1, -0.05) is 54.1 Å². The van der Waals surface area contributed by atoms with Crippen LogP contribution in [0.15, 0.2) is 60.8 Å². The van der Waals surface area contributed by atoms with Crippen molar-refractivity contribution in [2.75, 3.05) is 5.32 Å². The second-order valence-electron chi connectivity index (χ2n) is 5.49. The van der Waals surface area contributed by atoms with E-state index in [1.165, 1.54) is 5.56 Å². The molecule has 0 radical (unpaired) electrons. The number of carbonyl (C=O) groups is 2. The Labute approximate surface area is 160 Å². The van der Waals surface area contributed by atoms with Crippen LogP contribution in [0.5, 0.6) is 0 Å². The standard InChI is InChI=1S/C17H16ClN3.C2H2O4/c1-21-16(14-8-5-9-15(18)10-14)12-20-17(21)19-11-13-6-3-2-4-7-13;3-1(4)2(5)6/h2-10,12H,11H2,1H3,(H,19,20);(H,3,4)(H,5,6). The first-order valence-electron chi connectivity index (χ1n) is 7.90. The van der Waals surface area contributed by atoms with Gasteiger partial charge in [0.1, 0.15) is 0 Å². The van der Waals surface area contributed by atoms with Gasteiger partial charge in [0, 0.05) is 24.2 Å². The van der Waals surface area contributed by atoms with E-state index >= 15 is 0 Å². The minimum absolute atomic E-state index is 0.729. The zero-order valence-electron chi connectivity index (χ0n) is 14.5. The molecule has 0 fully saturated rings. The van der Waals surface area contributed by atoms with Gasteiger partial charge in [0.2, 0.25) is 5.95 Å². The first-order valence-corrected chi connectivity index (χ1v) is 8.28. The average molecular weight is 388 g/mol. The zero-order valence-corrected chi connectivity index (χ0v) is 15.2. The van der Waals surface area contributed by atoms with Gasteiger partial charge in [-0.3, -0.25) is 0 Å². The fourth-order valence-electron chi connectivity index (χ4n) is 2.27. The van der Waals surface area contributed by atoms with E-state index < -0.39 is 11.9 Å². The molecule has 0 aliphatic carbocycles. The summed E-state index contributed by atoms with van der Waals surface area (Å²) in [6, 6.07) is 18.1. The van der Waals surface area contributed by atoms with Gasteiger partial charge in [0.25, 0.3) is 0 Å². The predicted molar refractivity (Wildman–Crippen MR) is 103 cm³/mol. The predicted octanol–water partition coefficient (Wildman–Crippen LogP) is 3.51. The van der Waals surface area contributed by atoms with E-state index in [0.29, 0.717) is 0 Å². The van der Waals surface area contributed by atoms with E-state index in [9.17, 15) is 0 Å². The number of rotatable bonds is 4. The molecule has 0 saturated carbocycles. The third kappa shape index (κ3) is 5.86. The highest BCUT2D eigenvalue weighted by Crippen LogP contribution is 2.24. The number of nitrogens with zero attached hydrogens (tertiary/aromatic N) is 2. The van der Waals surface area contributed by atoms with Crippen LogP contribution >= 0.6 is 11.6 Å². The van der Waals surface area contributed by atoms with Gasteiger partial charge in [-0.2, -0.15) is 0 Å². The summed E-state index contributed by atoms with van der Waals surface area (Å²) >= 11 is 6.05. The van der Waals surface area contributed by atoms with Crippen molar-refractivity contribution in [1.29, 1.82) is 0 Å². The van der Waals surface area contributed by atoms with Crippen molar-refractivity contribution in [1.82, 2.24) is 9.55 Å². The molecule has 3 N–H and O–H groups in total. The fourth-order valence-corrected chi connectivity index (χ4v) is 2.46. The Balaban J connectivity index is 0.000000380. The molecular weight excluding hydrogens is 370 g/mol. The first kappa shape index (κ1) is 20.0. The molecule has 3 aromatic rings. The molecule has 3 rings (SSSR count). The third-order valence-corrected chi connectivity index (χ3v) is 3.82. The maximum Gasteiger partial charge on any atom is 0.414 e. The highest BCUT2D eigenvalue weighted by molar-refractivity contribution is 6.30. The number of halogens is 1. The number of aliphatic carboxylic acids is 2. The van der Waals surface area contributed by atoms with Gasteiger partial charge in [0.05, 0.1) is 11.9 Å². The van der Waals surface area contributed by atoms with Crippen molar-refractivity contribution >= 4 is 29.5 Å². The van der Waals surface area contributed by atoms with E-state index in [0.717, 1.165) is 28.8 Å². The number of anilines is 1. The molecule has 0 aliphatic rings. The van der Waals surface area contributed by atoms with Crippen LogP contribution in [0.2, 0.25) is 5.02 Å². The molecule has 1 aromatic heterocycles. The number of hydrogen-bond acceptors (Lipinski definition) is 4. The van der Waals surface area contributed by atoms with Gasteiger partial charge in [0.15, 0.2) is 0 Å². The lowest BCUT2D eigenvalue weighted by Crippen LogP contribution is -2.09. The molecular formula is C19H18ClN3O4. The van der Waals surface area contributed by atoms with Crippen LogP contribution in [0, 0.1) is 0 Å². The molecule has 7 nitrogen and oxygen atoms in total. The molecule has 8 heteroatoms. The van der Waals surface area contributed by atoms with Gasteiger partial charge in [-0.05, 0) is 17.7 Å². The highest BCUT2D eigenvalue weighted by Gasteiger charge is 2.08. The summed E-state index contributed by atoms with van der Waals surface area (Å²) in [5.74, 6) is -2.81. The summed E-state index contributed by atoms with van der Waals surface area (Å²) in [5, 5.41) is 18.9. The number of aromatic nitrogens is 2. The van der Waals surface area contributed by atoms with Crippen molar-refractivity contribution in [3.05, 3.63) is 71.4 Å². The summed E-state index contributed by atoms with van der Waals surface area (Å²) in [7, 11) is 2.00. The van der Waals surface area contributed by atoms with E-state index in [-0.39, 0.29) is 0 Å². The number of benzene rings is 2. The highest BCUT2D eigenvalue weighted by atomic mass is 35.5. The van der Waals surface area contributed by atoms with Crippen molar-refractivity contribution < 1.29 is 19.8 Å². The minimum atomic E-state index is -1.82. The topological polar surface area (TPSA) is 104 Å². The monoisotopic (exact) mass is 387 g/mol. The Morgan fingerprint density at radius 1 is 1.07 bits per heavy atom. The van der Waals surface area contributed by atoms with Crippen molar-refractivity contribution in [2.24, 2.45) is 7.05 Å². The molecule has 0 bridgehead atoms. The second kappa shape index (κ2) is 9.40. The van der Waals surface area contributed by atoms with Gasteiger partial charge >= 0.3 is 11.9 Å². The van der Waals surface area contributed by atoms with Crippen LogP contribution in [0.4, 0.5) is 5.95 Å². The molecule has 0 saturated heterocycles. The number of imidazole rings is 1. The van der Waals surface area contributed by atoms with E-state index in [4.69, 9.17) is 31.4 Å². The van der Waals surface area contributed by atoms with Crippen LogP contribution in [0.1, 0.15) is 5.56 Å². The maximum atomic E-state index is 9.10. The number of hydrogen-bond donors (Lipinski definition) is 3. The Hall–Kier alpha value is -3.32. The quantitative estimate of drug-likeness (QED) is 0.592. The SMILES string of the molecule is Cn1c(-c2cccc(Cl)c2)cnc1NCc1ccccc1.O=C(O)C(=O)O. The molecule has 2 aromatic carbocycles. The Kier molecular flexibility index (Phi) is 6.96. The van der Waals surface area contributed by atoms with E-state index in [1.54, 1.807) is 0 Å². The van der Waals surface area contributed by atoms with Crippen LogP contribution in [-0.2, 0) is 23.2 Å². The number of nitrogens with one attached hydrogen (secondary N) is 1. The minimum Gasteiger partial charge on any atom is -0.473 e. The lowest BCUT2D eigenvalue weighted by atomic mass is 10.2. The third-order valence-electron chi connectivity index (χ3n) is 3.58. The molecule has 27 heavy (non-hydrogen) atoms. The Morgan fingerprint density at radius 2 is 1.74 bits per heavy atom. The number of carboxylic acid groups (broad SMARTS) is 2. The summed E-state index contributed by atoms with van der Waals surface area (Å²) < 4.78 is 2.04. The van der Waals surface area contributed by atoms with Gasteiger partial charge in [-0.15, -0.1) is 0 Å². The van der Waals surface area contributed by atoms with Crippen LogP contribution in [0.3, 0.4) is 0 Å². The summed E-state index contributed by atoms with van der Waals surface area (Å²) in [5.41, 5.74) is 3.32. The average Bonchev–Trinajstić information content (AvgIpc) is 3.02. The van der Waals surface area contributed by atoms with Crippen molar-refractivity contribution in [3.8, 4) is 11.3 Å². The summed E-state index contributed by atoms with van der Waals surface area (Å²) in [6.07, 6.45) is 1.86. The maximum absolute atomic E-state index is 9.10. The molecule has 0 spiro atoms.